The second-order valence-electron chi connectivity index (χ2n) is 13.0. The molecular weight excluding hydrogens is 543 g/mol. The fourth-order valence-electron chi connectivity index (χ4n) is 8.44. The highest BCUT2D eigenvalue weighted by atomic mass is 32.1. The summed E-state index contributed by atoms with van der Waals surface area (Å²) in [4.78, 5) is 18.0. The van der Waals surface area contributed by atoms with Crippen LogP contribution in [0.2, 0.25) is 0 Å². The number of piperazine rings is 1. The van der Waals surface area contributed by atoms with Crippen molar-refractivity contribution in [3.8, 4) is 12.1 Å². The Morgan fingerprint density at radius 3 is 2.71 bits per heavy atom. The van der Waals surface area contributed by atoms with Crippen LogP contribution in [-0.4, -0.2) is 97.8 Å². The fraction of sp³-hybridized carbons (Fsp3) is 0.690. The van der Waals surface area contributed by atoms with Crippen molar-refractivity contribution in [1.29, 1.82) is 5.26 Å². The van der Waals surface area contributed by atoms with Gasteiger partial charge < -0.3 is 30.3 Å². The van der Waals surface area contributed by atoms with Crippen molar-refractivity contribution in [2.24, 2.45) is 0 Å². The maximum absolute atomic E-state index is 14.4. The van der Waals surface area contributed by atoms with Crippen LogP contribution >= 0.6 is 11.3 Å². The van der Waals surface area contributed by atoms with Gasteiger partial charge in [-0.15, -0.1) is 11.3 Å². The van der Waals surface area contributed by atoms with Crippen molar-refractivity contribution in [3.05, 3.63) is 22.1 Å². The first-order valence-corrected chi connectivity index (χ1v) is 15.8. The summed E-state index contributed by atoms with van der Waals surface area (Å²) in [5.41, 5.74) is 7.80. The Labute approximate surface area is 243 Å². The summed E-state index contributed by atoms with van der Waals surface area (Å²) in [6.45, 7) is 6.42. The van der Waals surface area contributed by atoms with Crippen LogP contribution in [-0.2, 0) is 16.6 Å². The third kappa shape index (κ3) is 4.27. The Kier molecular flexibility index (Phi) is 6.11. The molecule has 0 saturated carbocycles. The fourth-order valence-corrected chi connectivity index (χ4v) is 9.63. The molecule has 2 bridgehead atoms. The third-order valence-corrected chi connectivity index (χ3v) is 11.3. The number of fused-ring (bicyclic) bond motifs is 5. The molecule has 1 spiro atoms. The van der Waals surface area contributed by atoms with Crippen LogP contribution in [0.3, 0.4) is 0 Å². The second-order valence-corrected chi connectivity index (χ2v) is 14.1. The highest BCUT2D eigenvalue weighted by molar-refractivity contribution is 7.16. The molecule has 2 aromatic rings. The Morgan fingerprint density at radius 1 is 1.15 bits per heavy atom. The summed E-state index contributed by atoms with van der Waals surface area (Å²) < 4.78 is 26.6. The predicted octanol–water partition coefficient (Wildman–Crippen LogP) is 2.22. The first-order valence-electron chi connectivity index (χ1n) is 15.0. The Hall–Kier alpha value is -2.72. The molecule has 5 fully saturated rings. The number of anilines is 3. The SMILES string of the molecule is N#Cc1c(N)sc2c1C1(CCC2)CN(c2cc(N3CC4COCC(C3)N4)nc(OC[C@@]34CCCN3C[C@H](F)C4)n2)C1. The molecule has 7 heterocycles. The largest absolute Gasteiger partial charge is 0.461 e. The number of nitrogens with two attached hydrogens (primary N) is 1. The first kappa shape index (κ1) is 25.9. The zero-order chi connectivity index (χ0) is 27.8. The summed E-state index contributed by atoms with van der Waals surface area (Å²) in [6.07, 6.45) is 4.89. The predicted molar refractivity (Wildman–Crippen MR) is 155 cm³/mol. The molecule has 1 aliphatic carbocycles. The zero-order valence-corrected chi connectivity index (χ0v) is 24.1. The number of hydrogen-bond donors (Lipinski definition) is 2. The number of thiophene rings is 1. The van der Waals surface area contributed by atoms with Crippen LogP contribution < -0.4 is 25.6 Å². The molecule has 6 aliphatic rings. The number of hydrogen-bond acceptors (Lipinski definition) is 11. The number of morpholine rings is 1. The summed E-state index contributed by atoms with van der Waals surface area (Å²) >= 11 is 1.58. The topological polar surface area (TPSA) is 116 Å². The van der Waals surface area contributed by atoms with Gasteiger partial charge in [-0.05, 0) is 44.2 Å². The lowest BCUT2D eigenvalue weighted by atomic mass is 9.66. The van der Waals surface area contributed by atoms with E-state index < -0.39 is 6.17 Å². The number of alkyl halides is 1. The molecular formula is C29H37FN8O2S. The highest BCUT2D eigenvalue weighted by Gasteiger charge is 2.51. The summed E-state index contributed by atoms with van der Waals surface area (Å²) in [6, 6.07) is 5.37. The normalized spacial score (nSPS) is 32.0. The molecule has 0 radical (unpaired) electrons. The van der Waals surface area contributed by atoms with E-state index in [9.17, 15) is 9.65 Å². The van der Waals surface area contributed by atoms with Crippen molar-refractivity contribution in [2.45, 2.75) is 67.7 Å². The summed E-state index contributed by atoms with van der Waals surface area (Å²) in [5, 5.41) is 14.2. The van der Waals surface area contributed by atoms with E-state index in [1.54, 1.807) is 11.3 Å². The molecule has 4 atom stereocenters. The minimum absolute atomic E-state index is 0.0639. The van der Waals surface area contributed by atoms with Gasteiger partial charge in [0.1, 0.15) is 35.5 Å². The lowest BCUT2D eigenvalue weighted by Crippen LogP contribution is -2.63. The van der Waals surface area contributed by atoms with Crippen molar-refractivity contribution < 1.29 is 13.9 Å². The number of aryl methyl sites for hydroxylation is 1. The van der Waals surface area contributed by atoms with Crippen LogP contribution in [0.1, 0.15) is 48.1 Å². The standard InChI is InChI=1S/C29H37FN8O2S/c30-18-8-29(5-2-6-38(29)10-18)17-40-27-34-23(36-11-19-13-39-14-20(12-36)33-19)7-24(35-27)37-15-28(16-37)4-1-3-22-25(28)21(9-31)26(32)41-22/h7,18-20,33H,1-6,8,10-17,32H2/t18-,19?,20?,29+/m1/s1. The smallest absolute Gasteiger partial charge is 0.320 e. The van der Waals surface area contributed by atoms with E-state index >= 15 is 0 Å². The molecule has 218 valence electrons. The number of rotatable bonds is 5. The van der Waals surface area contributed by atoms with Gasteiger partial charge >= 0.3 is 6.01 Å². The number of nitrogens with one attached hydrogen (secondary N) is 1. The maximum atomic E-state index is 14.4. The van der Waals surface area contributed by atoms with Gasteiger partial charge in [0.05, 0.1) is 24.3 Å². The number of nitrogen functional groups attached to an aromatic ring is 1. The van der Waals surface area contributed by atoms with E-state index in [1.807, 2.05) is 0 Å². The van der Waals surface area contributed by atoms with Crippen LogP contribution in [0.5, 0.6) is 6.01 Å². The molecule has 10 nitrogen and oxygen atoms in total. The van der Waals surface area contributed by atoms with Crippen LogP contribution in [0.15, 0.2) is 6.07 Å². The summed E-state index contributed by atoms with van der Waals surface area (Å²) in [7, 11) is 0. The molecule has 0 amide bonds. The van der Waals surface area contributed by atoms with E-state index in [2.05, 4.69) is 32.2 Å². The maximum Gasteiger partial charge on any atom is 0.320 e. The number of aromatic nitrogens is 2. The minimum Gasteiger partial charge on any atom is -0.461 e. The van der Waals surface area contributed by atoms with E-state index in [-0.39, 0.29) is 23.0 Å². The Morgan fingerprint density at radius 2 is 1.93 bits per heavy atom. The van der Waals surface area contributed by atoms with Gasteiger partial charge in [0.2, 0.25) is 0 Å². The van der Waals surface area contributed by atoms with Crippen molar-refractivity contribution >= 4 is 28.0 Å². The van der Waals surface area contributed by atoms with Gasteiger partial charge in [0, 0.05) is 67.6 Å². The molecule has 12 heteroatoms. The molecule has 5 aliphatic heterocycles. The molecule has 41 heavy (non-hydrogen) atoms. The lowest BCUT2D eigenvalue weighted by Gasteiger charge is -2.53. The monoisotopic (exact) mass is 580 g/mol. The van der Waals surface area contributed by atoms with Gasteiger partial charge in [-0.2, -0.15) is 15.2 Å². The second kappa shape index (κ2) is 9.66. The Bertz CT molecular complexity index is 1380. The lowest BCUT2D eigenvalue weighted by molar-refractivity contribution is 0.0374. The number of ether oxygens (including phenoxy) is 2. The molecule has 3 N–H and O–H groups in total. The van der Waals surface area contributed by atoms with Gasteiger partial charge in [-0.1, -0.05) is 0 Å². The number of nitrogens with zero attached hydrogens (tertiary/aromatic N) is 6. The average molecular weight is 581 g/mol. The molecule has 2 aromatic heterocycles. The van der Waals surface area contributed by atoms with E-state index in [1.165, 1.54) is 10.4 Å². The van der Waals surface area contributed by atoms with Crippen LogP contribution in [0.4, 0.5) is 21.0 Å². The molecule has 2 unspecified atom stereocenters. The Balaban J connectivity index is 1.09. The van der Waals surface area contributed by atoms with Crippen molar-refractivity contribution in [2.75, 3.05) is 74.6 Å². The molecule has 5 saturated heterocycles. The van der Waals surface area contributed by atoms with E-state index in [0.29, 0.717) is 49.4 Å². The van der Waals surface area contributed by atoms with Crippen molar-refractivity contribution in [3.63, 3.8) is 0 Å². The molecule has 0 aromatic carbocycles. The van der Waals surface area contributed by atoms with E-state index in [0.717, 1.165) is 76.5 Å². The highest BCUT2D eigenvalue weighted by Crippen LogP contribution is 2.51. The quantitative estimate of drug-likeness (QED) is 0.546. The van der Waals surface area contributed by atoms with E-state index in [4.69, 9.17) is 25.2 Å². The minimum atomic E-state index is -0.800. The van der Waals surface area contributed by atoms with Gasteiger partial charge in [0.15, 0.2) is 0 Å². The summed E-state index contributed by atoms with van der Waals surface area (Å²) in [5.74, 6) is 1.71. The third-order valence-electron chi connectivity index (χ3n) is 10.2. The number of halogens is 1. The van der Waals surface area contributed by atoms with Crippen molar-refractivity contribution in [1.82, 2.24) is 20.2 Å². The van der Waals surface area contributed by atoms with Gasteiger partial charge in [-0.25, -0.2) is 4.39 Å². The number of nitriles is 1. The van der Waals surface area contributed by atoms with Gasteiger partial charge in [0.25, 0.3) is 0 Å². The first-order chi connectivity index (χ1) is 19.9. The van der Waals surface area contributed by atoms with Crippen LogP contribution in [0.25, 0.3) is 0 Å². The zero-order valence-electron chi connectivity index (χ0n) is 23.3. The van der Waals surface area contributed by atoms with Crippen LogP contribution in [0, 0.1) is 11.3 Å². The molecule has 8 rings (SSSR count). The van der Waals surface area contributed by atoms with Gasteiger partial charge in [-0.3, -0.25) is 4.90 Å². The average Bonchev–Trinajstić information content (AvgIpc) is 3.58.